The van der Waals surface area contributed by atoms with Gasteiger partial charge >= 0.3 is 0 Å². The van der Waals surface area contributed by atoms with E-state index in [0.717, 1.165) is 0 Å². The van der Waals surface area contributed by atoms with Gasteiger partial charge in [0.25, 0.3) is 0 Å². The molecule has 1 heterocycles. The standard InChI is InChI=1S/C12H20ClN3O2/c1-10(2)18-11-4-6-14-12(15-11)16(7-5-13)8-9-17-3/h4,6,10H,5,7-9H2,1-3H3. The molecule has 0 amide bonds. The number of methoxy groups -OCH3 is 1. The average Bonchev–Trinajstić information content (AvgIpc) is 2.34. The van der Waals surface area contributed by atoms with Gasteiger partial charge < -0.3 is 14.4 Å². The Morgan fingerprint density at radius 3 is 2.78 bits per heavy atom. The summed E-state index contributed by atoms with van der Waals surface area (Å²) in [7, 11) is 1.66. The molecule has 5 nitrogen and oxygen atoms in total. The van der Waals surface area contributed by atoms with E-state index in [2.05, 4.69) is 9.97 Å². The van der Waals surface area contributed by atoms with Crippen LogP contribution in [-0.2, 0) is 4.74 Å². The van der Waals surface area contributed by atoms with E-state index in [1.807, 2.05) is 18.7 Å². The van der Waals surface area contributed by atoms with Gasteiger partial charge in [-0.25, -0.2) is 4.98 Å². The predicted octanol–water partition coefficient (Wildman–Crippen LogP) is 1.96. The highest BCUT2D eigenvalue weighted by Gasteiger charge is 2.10. The molecule has 18 heavy (non-hydrogen) atoms. The van der Waals surface area contributed by atoms with Gasteiger partial charge in [0.05, 0.1) is 12.7 Å². The lowest BCUT2D eigenvalue weighted by Crippen LogP contribution is -2.30. The third-order valence-corrected chi connectivity index (χ3v) is 2.35. The highest BCUT2D eigenvalue weighted by Crippen LogP contribution is 2.13. The van der Waals surface area contributed by atoms with Gasteiger partial charge in [0.15, 0.2) is 0 Å². The first-order valence-electron chi connectivity index (χ1n) is 5.97. The summed E-state index contributed by atoms with van der Waals surface area (Å²) in [4.78, 5) is 10.6. The van der Waals surface area contributed by atoms with Crippen LogP contribution in [0.4, 0.5) is 5.95 Å². The highest BCUT2D eigenvalue weighted by molar-refractivity contribution is 6.18. The van der Waals surface area contributed by atoms with E-state index < -0.39 is 0 Å². The van der Waals surface area contributed by atoms with E-state index >= 15 is 0 Å². The van der Waals surface area contributed by atoms with Crippen molar-refractivity contribution in [2.24, 2.45) is 0 Å². The minimum absolute atomic E-state index is 0.0909. The van der Waals surface area contributed by atoms with Crippen LogP contribution in [0, 0.1) is 0 Å². The number of hydrogen-bond donors (Lipinski definition) is 0. The zero-order valence-corrected chi connectivity index (χ0v) is 11.9. The van der Waals surface area contributed by atoms with E-state index in [9.17, 15) is 0 Å². The fourth-order valence-electron chi connectivity index (χ4n) is 1.41. The Balaban J connectivity index is 2.76. The number of ether oxygens (including phenoxy) is 2. The molecule has 6 heteroatoms. The minimum atomic E-state index is 0.0909. The summed E-state index contributed by atoms with van der Waals surface area (Å²) in [5.41, 5.74) is 0. The van der Waals surface area contributed by atoms with Gasteiger partial charge in [0.2, 0.25) is 11.8 Å². The molecule has 102 valence electrons. The van der Waals surface area contributed by atoms with Crippen LogP contribution in [0.1, 0.15) is 13.8 Å². The van der Waals surface area contributed by atoms with Crippen molar-refractivity contribution in [3.8, 4) is 5.88 Å². The van der Waals surface area contributed by atoms with Crippen LogP contribution in [0.15, 0.2) is 12.3 Å². The van der Waals surface area contributed by atoms with Crippen LogP contribution in [0.2, 0.25) is 0 Å². The Kier molecular flexibility index (Phi) is 6.75. The molecule has 0 unspecified atom stereocenters. The Bertz CT molecular complexity index is 350. The number of nitrogens with zero attached hydrogens (tertiary/aromatic N) is 3. The fraction of sp³-hybridized carbons (Fsp3) is 0.667. The SMILES string of the molecule is COCCN(CCCl)c1nccc(OC(C)C)n1. The maximum atomic E-state index is 5.78. The van der Waals surface area contributed by atoms with E-state index in [4.69, 9.17) is 21.1 Å². The summed E-state index contributed by atoms with van der Waals surface area (Å²) >= 11 is 5.78. The van der Waals surface area contributed by atoms with Crippen LogP contribution in [0.5, 0.6) is 5.88 Å². The maximum Gasteiger partial charge on any atom is 0.228 e. The summed E-state index contributed by atoms with van der Waals surface area (Å²) < 4.78 is 10.6. The average molecular weight is 274 g/mol. The smallest absolute Gasteiger partial charge is 0.228 e. The zero-order chi connectivity index (χ0) is 13.4. The molecule has 1 rings (SSSR count). The number of halogens is 1. The molecule has 0 saturated carbocycles. The first kappa shape index (κ1) is 15.0. The quantitative estimate of drug-likeness (QED) is 0.678. The van der Waals surface area contributed by atoms with Gasteiger partial charge in [0, 0.05) is 38.3 Å². The lowest BCUT2D eigenvalue weighted by Gasteiger charge is -2.21. The number of hydrogen-bond acceptors (Lipinski definition) is 5. The van der Waals surface area contributed by atoms with Gasteiger partial charge in [-0.05, 0) is 13.8 Å². The maximum absolute atomic E-state index is 5.78. The normalized spacial score (nSPS) is 10.7. The van der Waals surface area contributed by atoms with E-state index in [-0.39, 0.29) is 6.10 Å². The first-order chi connectivity index (χ1) is 8.67. The van der Waals surface area contributed by atoms with Gasteiger partial charge in [-0.15, -0.1) is 11.6 Å². The molecule has 0 spiro atoms. The molecule has 0 N–H and O–H groups in total. The molecule has 0 atom stereocenters. The van der Waals surface area contributed by atoms with Gasteiger partial charge in [-0.1, -0.05) is 0 Å². The van der Waals surface area contributed by atoms with Crippen molar-refractivity contribution in [3.05, 3.63) is 12.3 Å². The largest absolute Gasteiger partial charge is 0.475 e. The molecular weight excluding hydrogens is 254 g/mol. The molecule has 0 aromatic carbocycles. The number of alkyl halides is 1. The van der Waals surface area contributed by atoms with Crippen molar-refractivity contribution >= 4 is 17.5 Å². The summed E-state index contributed by atoms with van der Waals surface area (Å²) in [5, 5.41) is 0. The molecule has 0 saturated heterocycles. The van der Waals surface area contributed by atoms with Crippen molar-refractivity contribution in [1.82, 2.24) is 9.97 Å². The van der Waals surface area contributed by atoms with E-state index in [1.54, 1.807) is 19.4 Å². The fourth-order valence-corrected chi connectivity index (χ4v) is 1.61. The molecule has 1 aromatic rings. The third-order valence-electron chi connectivity index (χ3n) is 2.18. The second kappa shape index (κ2) is 8.11. The molecule has 0 aliphatic rings. The number of anilines is 1. The summed E-state index contributed by atoms with van der Waals surface area (Å²) in [6, 6.07) is 1.75. The van der Waals surface area contributed by atoms with E-state index in [0.29, 0.717) is 37.4 Å². The lowest BCUT2D eigenvalue weighted by molar-refractivity contribution is 0.205. The van der Waals surface area contributed by atoms with Crippen molar-refractivity contribution < 1.29 is 9.47 Å². The van der Waals surface area contributed by atoms with E-state index in [1.165, 1.54) is 0 Å². The molecule has 0 aliphatic heterocycles. The van der Waals surface area contributed by atoms with Crippen LogP contribution in [0.25, 0.3) is 0 Å². The van der Waals surface area contributed by atoms with Crippen molar-refractivity contribution in [2.75, 3.05) is 37.6 Å². The predicted molar refractivity (Wildman–Crippen MR) is 72.6 cm³/mol. The molecular formula is C12H20ClN3O2. The second-order valence-corrected chi connectivity index (χ2v) is 4.41. The summed E-state index contributed by atoms with van der Waals surface area (Å²) in [5.74, 6) is 1.71. The van der Waals surface area contributed by atoms with Crippen molar-refractivity contribution in [1.29, 1.82) is 0 Å². The highest BCUT2D eigenvalue weighted by atomic mass is 35.5. The number of aromatic nitrogens is 2. The van der Waals surface area contributed by atoms with Crippen molar-refractivity contribution in [2.45, 2.75) is 20.0 Å². The van der Waals surface area contributed by atoms with Crippen LogP contribution in [-0.4, -0.2) is 48.8 Å². The molecule has 1 aromatic heterocycles. The van der Waals surface area contributed by atoms with Crippen LogP contribution >= 0.6 is 11.6 Å². The van der Waals surface area contributed by atoms with Gasteiger partial charge in [-0.3, -0.25) is 0 Å². The monoisotopic (exact) mass is 273 g/mol. The summed E-state index contributed by atoms with van der Waals surface area (Å²) in [6.45, 7) is 5.91. The Morgan fingerprint density at radius 2 is 2.17 bits per heavy atom. The third kappa shape index (κ3) is 5.06. The molecule has 0 radical (unpaired) electrons. The van der Waals surface area contributed by atoms with Gasteiger partial charge in [-0.2, -0.15) is 4.98 Å². The van der Waals surface area contributed by atoms with Crippen LogP contribution < -0.4 is 9.64 Å². The Morgan fingerprint density at radius 1 is 1.39 bits per heavy atom. The van der Waals surface area contributed by atoms with Crippen LogP contribution in [0.3, 0.4) is 0 Å². The Labute approximate surface area is 113 Å². The lowest BCUT2D eigenvalue weighted by atomic mass is 10.5. The molecule has 0 bridgehead atoms. The topological polar surface area (TPSA) is 47.5 Å². The number of rotatable bonds is 8. The summed E-state index contributed by atoms with van der Waals surface area (Å²) in [6.07, 6.45) is 1.78. The zero-order valence-electron chi connectivity index (χ0n) is 11.1. The first-order valence-corrected chi connectivity index (χ1v) is 6.50. The minimum Gasteiger partial charge on any atom is -0.475 e. The second-order valence-electron chi connectivity index (χ2n) is 4.03. The Hall–Kier alpha value is -1.07. The molecule has 0 aliphatic carbocycles. The van der Waals surface area contributed by atoms with Gasteiger partial charge in [0.1, 0.15) is 0 Å². The van der Waals surface area contributed by atoms with Crippen molar-refractivity contribution in [3.63, 3.8) is 0 Å². The molecule has 0 fully saturated rings.